The summed E-state index contributed by atoms with van der Waals surface area (Å²) in [6, 6.07) is 6.33. The molecule has 0 aliphatic carbocycles. The third-order valence-corrected chi connectivity index (χ3v) is 3.61. The predicted molar refractivity (Wildman–Crippen MR) is 73.1 cm³/mol. The molecule has 1 aliphatic rings. The zero-order chi connectivity index (χ0) is 14.0. The fourth-order valence-electron chi connectivity index (χ4n) is 2.56. The molecule has 1 fully saturated rings. The third-order valence-electron chi connectivity index (χ3n) is 3.61. The van der Waals surface area contributed by atoms with Crippen LogP contribution in [0.4, 0.5) is 4.39 Å². The van der Waals surface area contributed by atoms with Crippen molar-refractivity contribution in [2.75, 3.05) is 13.1 Å². The highest BCUT2D eigenvalue weighted by atomic mass is 19.1. The lowest BCUT2D eigenvalue weighted by Crippen LogP contribution is -2.49. The molecular weight excluding hydrogens is 243 g/mol. The fraction of sp³-hybridized carbons (Fsp3) is 0.400. The highest BCUT2D eigenvalue weighted by Crippen LogP contribution is 2.27. The zero-order valence-electron chi connectivity index (χ0n) is 11.1. The summed E-state index contributed by atoms with van der Waals surface area (Å²) in [7, 11) is 0. The number of nitrogens with zero attached hydrogens (tertiary/aromatic N) is 1. The lowest BCUT2D eigenvalue weighted by Gasteiger charge is -2.37. The lowest BCUT2D eigenvalue weighted by atomic mass is 9.85. The van der Waals surface area contributed by atoms with E-state index in [9.17, 15) is 9.18 Å². The maximum atomic E-state index is 12.9. The SMILES string of the molecule is C=C(C)C(=O)N1CCC(c2ccc(F)cc2)C(N)C1. The van der Waals surface area contributed by atoms with Gasteiger partial charge in [0.25, 0.3) is 0 Å². The molecule has 3 nitrogen and oxygen atoms in total. The van der Waals surface area contributed by atoms with Gasteiger partial charge in [-0.15, -0.1) is 0 Å². The van der Waals surface area contributed by atoms with E-state index in [0.717, 1.165) is 12.0 Å². The van der Waals surface area contributed by atoms with Crippen molar-refractivity contribution in [2.45, 2.75) is 25.3 Å². The van der Waals surface area contributed by atoms with Gasteiger partial charge in [-0.3, -0.25) is 4.79 Å². The summed E-state index contributed by atoms with van der Waals surface area (Å²) >= 11 is 0. The van der Waals surface area contributed by atoms with E-state index in [2.05, 4.69) is 6.58 Å². The highest BCUT2D eigenvalue weighted by Gasteiger charge is 2.30. The van der Waals surface area contributed by atoms with Crippen LogP contribution in [-0.4, -0.2) is 29.9 Å². The summed E-state index contributed by atoms with van der Waals surface area (Å²) in [6.45, 7) is 6.57. The van der Waals surface area contributed by atoms with Crippen molar-refractivity contribution in [3.05, 3.63) is 47.8 Å². The lowest BCUT2D eigenvalue weighted by molar-refractivity contribution is -0.128. The molecule has 2 atom stereocenters. The summed E-state index contributed by atoms with van der Waals surface area (Å²) in [5.41, 5.74) is 7.73. The molecule has 1 aliphatic heterocycles. The molecule has 1 aromatic carbocycles. The quantitative estimate of drug-likeness (QED) is 0.829. The predicted octanol–water partition coefficient (Wildman–Crippen LogP) is 2.04. The van der Waals surface area contributed by atoms with Gasteiger partial charge in [-0.25, -0.2) is 4.39 Å². The first kappa shape index (κ1) is 13.7. The molecule has 0 spiro atoms. The minimum absolute atomic E-state index is 0.0343. The number of rotatable bonds is 2. The molecular formula is C15H19FN2O. The maximum Gasteiger partial charge on any atom is 0.248 e. The number of benzene rings is 1. The third kappa shape index (κ3) is 3.01. The van der Waals surface area contributed by atoms with Crippen LogP contribution in [0.5, 0.6) is 0 Å². The van der Waals surface area contributed by atoms with Crippen molar-refractivity contribution < 1.29 is 9.18 Å². The molecule has 2 unspecified atom stereocenters. The van der Waals surface area contributed by atoms with Gasteiger partial charge in [0.05, 0.1) is 0 Å². The Morgan fingerprint density at radius 3 is 2.58 bits per heavy atom. The summed E-state index contributed by atoms with van der Waals surface area (Å²) in [6.07, 6.45) is 0.797. The molecule has 0 bridgehead atoms. The number of carbonyl (C=O) groups excluding carboxylic acids is 1. The molecule has 2 rings (SSSR count). The van der Waals surface area contributed by atoms with Crippen molar-refractivity contribution in [1.29, 1.82) is 0 Å². The number of hydrogen-bond donors (Lipinski definition) is 1. The van der Waals surface area contributed by atoms with Crippen LogP contribution in [0.15, 0.2) is 36.4 Å². The maximum absolute atomic E-state index is 12.9. The van der Waals surface area contributed by atoms with E-state index in [4.69, 9.17) is 5.73 Å². The average Bonchev–Trinajstić information content (AvgIpc) is 2.39. The van der Waals surface area contributed by atoms with Crippen LogP contribution in [0.1, 0.15) is 24.8 Å². The molecule has 1 aromatic rings. The van der Waals surface area contributed by atoms with Crippen molar-refractivity contribution >= 4 is 5.91 Å². The molecule has 2 N–H and O–H groups in total. The number of piperidine rings is 1. The first-order chi connectivity index (χ1) is 8.99. The van der Waals surface area contributed by atoms with Gasteiger partial charge < -0.3 is 10.6 Å². The topological polar surface area (TPSA) is 46.3 Å². The minimum atomic E-state index is -0.243. The summed E-state index contributed by atoms with van der Waals surface area (Å²) in [5, 5.41) is 0. The Morgan fingerprint density at radius 1 is 1.42 bits per heavy atom. The second-order valence-corrected chi connectivity index (χ2v) is 5.14. The number of likely N-dealkylation sites (tertiary alicyclic amines) is 1. The van der Waals surface area contributed by atoms with Crippen molar-refractivity contribution in [3.8, 4) is 0 Å². The standard InChI is InChI=1S/C15H19FN2O/c1-10(2)15(19)18-8-7-13(14(17)9-18)11-3-5-12(16)6-4-11/h3-6,13-14H,1,7-9,17H2,2H3. The van der Waals surface area contributed by atoms with Crippen molar-refractivity contribution in [2.24, 2.45) is 5.73 Å². The van der Waals surface area contributed by atoms with Crippen LogP contribution in [0.2, 0.25) is 0 Å². The van der Waals surface area contributed by atoms with Gasteiger partial charge in [0.2, 0.25) is 5.91 Å². The number of amides is 1. The Hall–Kier alpha value is -1.68. The monoisotopic (exact) mass is 262 g/mol. The summed E-state index contributed by atoms with van der Waals surface area (Å²) in [4.78, 5) is 13.6. The van der Waals surface area contributed by atoms with E-state index in [1.165, 1.54) is 12.1 Å². The summed E-state index contributed by atoms with van der Waals surface area (Å²) < 4.78 is 12.9. The molecule has 0 radical (unpaired) electrons. The van der Waals surface area contributed by atoms with E-state index in [-0.39, 0.29) is 23.7 Å². The summed E-state index contributed by atoms with van der Waals surface area (Å²) in [5.74, 6) is -0.102. The van der Waals surface area contributed by atoms with E-state index in [1.807, 2.05) is 0 Å². The van der Waals surface area contributed by atoms with Gasteiger partial charge in [-0.1, -0.05) is 18.7 Å². The van der Waals surface area contributed by atoms with Crippen LogP contribution in [0.25, 0.3) is 0 Å². The molecule has 1 saturated heterocycles. The number of halogens is 1. The number of carbonyl (C=O) groups is 1. The molecule has 1 amide bonds. The Kier molecular flexibility index (Phi) is 4.00. The van der Waals surface area contributed by atoms with Crippen LogP contribution in [0, 0.1) is 5.82 Å². The second-order valence-electron chi connectivity index (χ2n) is 5.14. The molecule has 0 saturated carbocycles. The average molecular weight is 262 g/mol. The van der Waals surface area contributed by atoms with Gasteiger partial charge in [0.1, 0.15) is 5.82 Å². The van der Waals surface area contributed by atoms with E-state index < -0.39 is 0 Å². The fourth-order valence-corrected chi connectivity index (χ4v) is 2.56. The van der Waals surface area contributed by atoms with Crippen LogP contribution in [0.3, 0.4) is 0 Å². The van der Waals surface area contributed by atoms with Gasteiger partial charge >= 0.3 is 0 Å². The second kappa shape index (κ2) is 5.53. The van der Waals surface area contributed by atoms with Crippen LogP contribution >= 0.6 is 0 Å². The minimum Gasteiger partial charge on any atom is -0.337 e. The molecule has 0 aromatic heterocycles. The molecule has 102 valence electrons. The first-order valence-corrected chi connectivity index (χ1v) is 6.45. The van der Waals surface area contributed by atoms with Crippen LogP contribution in [-0.2, 0) is 4.79 Å². The zero-order valence-corrected chi connectivity index (χ0v) is 11.1. The normalized spacial score (nSPS) is 23.2. The smallest absolute Gasteiger partial charge is 0.248 e. The van der Waals surface area contributed by atoms with Gasteiger partial charge in [0.15, 0.2) is 0 Å². The first-order valence-electron chi connectivity index (χ1n) is 6.45. The van der Waals surface area contributed by atoms with Crippen molar-refractivity contribution in [3.63, 3.8) is 0 Å². The Labute approximate surface area is 112 Å². The highest BCUT2D eigenvalue weighted by molar-refractivity contribution is 5.92. The van der Waals surface area contributed by atoms with Crippen LogP contribution < -0.4 is 5.73 Å². The molecule has 4 heteroatoms. The van der Waals surface area contributed by atoms with E-state index >= 15 is 0 Å². The van der Waals surface area contributed by atoms with Gasteiger partial charge in [0, 0.05) is 30.6 Å². The molecule has 1 heterocycles. The Morgan fingerprint density at radius 2 is 2.05 bits per heavy atom. The number of hydrogen-bond acceptors (Lipinski definition) is 2. The Bertz CT molecular complexity index is 483. The number of nitrogens with two attached hydrogens (primary N) is 1. The Balaban J connectivity index is 2.06. The van der Waals surface area contributed by atoms with Gasteiger partial charge in [-0.05, 0) is 31.0 Å². The largest absolute Gasteiger partial charge is 0.337 e. The van der Waals surface area contributed by atoms with Crippen molar-refractivity contribution in [1.82, 2.24) is 4.90 Å². The van der Waals surface area contributed by atoms with Gasteiger partial charge in [-0.2, -0.15) is 0 Å². The molecule has 19 heavy (non-hydrogen) atoms. The van der Waals surface area contributed by atoms with E-state index in [1.54, 1.807) is 24.0 Å². The van der Waals surface area contributed by atoms with E-state index in [0.29, 0.717) is 18.7 Å².